The maximum absolute atomic E-state index is 11.7. The van der Waals surface area contributed by atoms with Crippen molar-refractivity contribution in [2.24, 2.45) is 5.92 Å². The standard InChI is InChI=1S/C14H17ClN2O2/c1-16-13-9-6-10(15)12(7-11(9)17-14(13)18)19-5-4-8-2-3-8/h6-8,13,16H,2-5H2,1H3,(H,17,18). The number of rotatable bonds is 5. The molecule has 1 aliphatic carbocycles. The smallest absolute Gasteiger partial charge is 0.246 e. The highest BCUT2D eigenvalue weighted by Crippen LogP contribution is 2.39. The first-order valence-corrected chi connectivity index (χ1v) is 7.01. The van der Waals surface area contributed by atoms with Crippen LogP contribution in [0.1, 0.15) is 30.9 Å². The summed E-state index contributed by atoms with van der Waals surface area (Å²) in [5.41, 5.74) is 1.67. The van der Waals surface area contributed by atoms with Crippen LogP contribution in [0, 0.1) is 5.92 Å². The number of benzene rings is 1. The van der Waals surface area contributed by atoms with Crippen molar-refractivity contribution in [1.82, 2.24) is 5.32 Å². The zero-order valence-corrected chi connectivity index (χ0v) is 11.6. The zero-order chi connectivity index (χ0) is 13.4. The number of likely N-dealkylation sites (N-methyl/N-ethyl adjacent to an activating group) is 1. The van der Waals surface area contributed by atoms with Crippen molar-refractivity contribution in [2.45, 2.75) is 25.3 Å². The van der Waals surface area contributed by atoms with E-state index < -0.39 is 0 Å². The number of amides is 1. The van der Waals surface area contributed by atoms with Gasteiger partial charge < -0.3 is 15.4 Å². The Labute approximate surface area is 117 Å². The van der Waals surface area contributed by atoms with Gasteiger partial charge >= 0.3 is 0 Å². The molecule has 0 radical (unpaired) electrons. The largest absolute Gasteiger partial charge is 0.492 e. The Morgan fingerprint density at radius 1 is 1.47 bits per heavy atom. The number of hydrogen-bond donors (Lipinski definition) is 2. The molecule has 0 bridgehead atoms. The minimum atomic E-state index is -0.326. The van der Waals surface area contributed by atoms with Crippen LogP contribution < -0.4 is 15.4 Å². The van der Waals surface area contributed by atoms with Crippen LogP contribution in [0.2, 0.25) is 5.02 Å². The fourth-order valence-corrected chi connectivity index (χ4v) is 2.63. The van der Waals surface area contributed by atoms with E-state index in [9.17, 15) is 4.79 Å². The Kier molecular flexibility index (Phi) is 3.37. The van der Waals surface area contributed by atoms with Gasteiger partial charge in [-0.2, -0.15) is 0 Å². The second-order valence-corrected chi connectivity index (χ2v) is 5.57. The van der Waals surface area contributed by atoms with E-state index in [1.165, 1.54) is 12.8 Å². The average Bonchev–Trinajstić information content (AvgIpc) is 3.14. The molecule has 1 aliphatic heterocycles. The molecule has 3 rings (SSSR count). The molecule has 0 aromatic heterocycles. The van der Waals surface area contributed by atoms with Gasteiger partial charge in [0.2, 0.25) is 5.91 Å². The number of fused-ring (bicyclic) bond motifs is 1. The average molecular weight is 281 g/mol. The van der Waals surface area contributed by atoms with Crippen molar-refractivity contribution in [3.8, 4) is 5.75 Å². The number of nitrogens with one attached hydrogen (secondary N) is 2. The van der Waals surface area contributed by atoms with Crippen molar-refractivity contribution in [3.05, 3.63) is 22.7 Å². The van der Waals surface area contributed by atoms with E-state index in [0.29, 0.717) is 17.4 Å². The van der Waals surface area contributed by atoms with Gasteiger partial charge in [-0.15, -0.1) is 0 Å². The molecule has 19 heavy (non-hydrogen) atoms. The molecule has 1 fully saturated rings. The van der Waals surface area contributed by atoms with Gasteiger partial charge in [-0.1, -0.05) is 24.4 Å². The zero-order valence-electron chi connectivity index (χ0n) is 10.8. The molecule has 2 aliphatic rings. The van der Waals surface area contributed by atoms with E-state index >= 15 is 0 Å². The molecular weight excluding hydrogens is 264 g/mol. The van der Waals surface area contributed by atoms with Crippen molar-refractivity contribution in [3.63, 3.8) is 0 Å². The number of ether oxygens (including phenoxy) is 1. The molecule has 1 aromatic rings. The summed E-state index contributed by atoms with van der Waals surface area (Å²) in [6.07, 6.45) is 3.72. The lowest BCUT2D eigenvalue weighted by atomic mass is 10.1. The molecule has 0 saturated heterocycles. The van der Waals surface area contributed by atoms with E-state index in [1.807, 2.05) is 12.1 Å². The summed E-state index contributed by atoms with van der Waals surface area (Å²) in [4.78, 5) is 11.7. The Balaban J connectivity index is 1.76. The van der Waals surface area contributed by atoms with E-state index in [-0.39, 0.29) is 11.9 Å². The molecular formula is C14H17ClN2O2. The van der Waals surface area contributed by atoms with E-state index in [1.54, 1.807) is 7.05 Å². The first-order chi connectivity index (χ1) is 9.19. The Morgan fingerprint density at radius 2 is 2.26 bits per heavy atom. The summed E-state index contributed by atoms with van der Waals surface area (Å²) >= 11 is 6.22. The van der Waals surface area contributed by atoms with Crippen LogP contribution in [0.4, 0.5) is 5.69 Å². The highest BCUT2D eigenvalue weighted by Gasteiger charge is 2.30. The molecule has 1 amide bonds. The molecule has 4 nitrogen and oxygen atoms in total. The second kappa shape index (κ2) is 5.02. The van der Waals surface area contributed by atoms with E-state index in [2.05, 4.69) is 10.6 Å². The molecule has 102 valence electrons. The summed E-state index contributed by atoms with van der Waals surface area (Å²) in [5, 5.41) is 6.37. The summed E-state index contributed by atoms with van der Waals surface area (Å²) in [5.74, 6) is 1.43. The van der Waals surface area contributed by atoms with Gasteiger partial charge in [-0.25, -0.2) is 0 Å². The summed E-state index contributed by atoms with van der Waals surface area (Å²) < 4.78 is 5.71. The van der Waals surface area contributed by atoms with Gasteiger partial charge in [0.1, 0.15) is 11.8 Å². The number of hydrogen-bond acceptors (Lipinski definition) is 3. The van der Waals surface area contributed by atoms with Crippen LogP contribution in [0.15, 0.2) is 12.1 Å². The summed E-state index contributed by atoms with van der Waals surface area (Å²) in [7, 11) is 1.76. The van der Waals surface area contributed by atoms with Crippen LogP contribution in [-0.4, -0.2) is 19.6 Å². The van der Waals surface area contributed by atoms with Crippen LogP contribution >= 0.6 is 11.6 Å². The van der Waals surface area contributed by atoms with Crippen molar-refractivity contribution in [1.29, 1.82) is 0 Å². The monoisotopic (exact) mass is 280 g/mol. The summed E-state index contributed by atoms with van der Waals surface area (Å²) in [6.45, 7) is 0.687. The van der Waals surface area contributed by atoms with Gasteiger partial charge in [-0.05, 0) is 25.5 Å². The lowest BCUT2D eigenvalue weighted by molar-refractivity contribution is -0.117. The van der Waals surface area contributed by atoms with Crippen LogP contribution in [0.25, 0.3) is 0 Å². The molecule has 1 heterocycles. The SMILES string of the molecule is CNC1C(=O)Nc2cc(OCCC3CC3)c(Cl)cc21. The number of carbonyl (C=O) groups excluding carboxylic acids is 1. The van der Waals surface area contributed by atoms with Crippen molar-refractivity contribution in [2.75, 3.05) is 19.0 Å². The normalized spacial score (nSPS) is 21.2. The predicted octanol–water partition coefficient (Wildman–Crippen LogP) is 2.73. The number of halogens is 1. The maximum atomic E-state index is 11.7. The Morgan fingerprint density at radius 3 is 2.95 bits per heavy atom. The lowest BCUT2D eigenvalue weighted by Gasteiger charge is -2.11. The number of anilines is 1. The van der Waals surface area contributed by atoms with E-state index in [0.717, 1.165) is 23.6 Å². The third kappa shape index (κ3) is 2.55. The highest BCUT2D eigenvalue weighted by molar-refractivity contribution is 6.32. The topological polar surface area (TPSA) is 50.4 Å². The maximum Gasteiger partial charge on any atom is 0.246 e. The molecule has 2 N–H and O–H groups in total. The third-order valence-corrected chi connectivity index (χ3v) is 4.00. The fraction of sp³-hybridized carbons (Fsp3) is 0.500. The Hall–Kier alpha value is -1.26. The summed E-state index contributed by atoms with van der Waals surface area (Å²) in [6, 6.07) is 3.30. The molecule has 1 atom stereocenters. The third-order valence-electron chi connectivity index (χ3n) is 3.70. The van der Waals surface area contributed by atoms with Gasteiger partial charge in [-0.3, -0.25) is 4.79 Å². The van der Waals surface area contributed by atoms with Crippen molar-refractivity contribution >= 4 is 23.2 Å². The number of carbonyl (C=O) groups is 1. The van der Waals surface area contributed by atoms with Gasteiger partial charge in [0.25, 0.3) is 0 Å². The predicted molar refractivity (Wildman–Crippen MR) is 74.7 cm³/mol. The first kappa shape index (κ1) is 12.8. The lowest BCUT2D eigenvalue weighted by Crippen LogP contribution is -2.23. The molecule has 1 unspecified atom stereocenters. The van der Waals surface area contributed by atoms with Gasteiger partial charge in [0.15, 0.2) is 0 Å². The van der Waals surface area contributed by atoms with Crippen LogP contribution in [0.3, 0.4) is 0 Å². The van der Waals surface area contributed by atoms with Gasteiger partial charge in [0, 0.05) is 17.3 Å². The second-order valence-electron chi connectivity index (χ2n) is 5.16. The van der Waals surface area contributed by atoms with Crippen molar-refractivity contribution < 1.29 is 9.53 Å². The molecule has 0 spiro atoms. The fourth-order valence-electron chi connectivity index (χ4n) is 2.40. The molecule has 1 aromatic carbocycles. The molecule has 5 heteroatoms. The van der Waals surface area contributed by atoms with Crippen LogP contribution in [-0.2, 0) is 4.79 Å². The first-order valence-electron chi connectivity index (χ1n) is 6.63. The minimum Gasteiger partial charge on any atom is -0.492 e. The van der Waals surface area contributed by atoms with E-state index in [4.69, 9.17) is 16.3 Å². The molecule has 1 saturated carbocycles. The highest BCUT2D eigenvalue weighted by atomic mass is 35.5. The minimum absolute atomic E-state index is 0.0521. The quantitative estimate of drug-likeness (QED) is 0.872. The van der Waals surface area contributed by atoms with Crippen LogP contribution in [0.5, 0.6) is 5.75 Å². The van der Waals surface area contributed by atoms with Gasteiger partial charge in [0.05, 0.1) is 11.6 Å². The Bertz CT molecular complexity index is 514.